The van der Waals surface area contributed by atoms with Gasteiger partial charge in [0, 0.05) is 37.3 Å². The molecule has 0 saturated carbocycles. The predicted molar refractivity (Wildman–Crippen MR) is 110 cm³/mol. The summed E-state index contributed by atoms with van der Waals surface area (Å²) in [5.74, 6) is -0.876. The molecule has 138 valence electrons. The molecule has 0 aromatic heterocycles. The molecule has 3 aromatic rings. The van der Waals surface area contributed by atoms with Crippen LogP contribution in [-0.2, 0) is 6.42 Å². The van der Waals surface area contributed by atoms with E-state index in [9.17, 15) is 9.90 Å². The van der Waals surface area contributed by atoms with Crippen LogP contribution < -0.4 is 4.90 Å². The van der Waals surface area contributed by atoms with Crippen molar-refractivity contribution in [3.8, 4) is 0 Å². The SMILES string of the molecule is CN1CCN(c2cccc3c(Cc4ccccc4)cc(C(=O)O)cc23)CC1. The molecular formula is C23H24N2O2. The molecule has 0 radical (unpaired) electrons. The average Bonchev–Trinajstić information content (AvgIpc) is 2.69. The second-order valence-electron chi connectivity index (χ2n) is 7.27. The Morgan fingerprint density at radius 1 is 0.926 bits per heavy atom. The molecule has 0 amide bonds. The normalized spacial score (nSPS) is 15.2. The summed E-state index contributed by atoms with van der Waals surface area (Å²) in [5.41, 5.74) is 3.74. The van der Waals surface area contributed by atoms with Crippen LogP contribution in [0.1, 0.15) is 21.5 Å². The summed E-state index contributed by atoms with van der Waals surface area (Å²) >= 11 is 0. The minimum absolute atomic E-state index is 0.356. The number of fused-ring (bicyclic) bond motifs is 1. The van der Waals surface area contributed by atoms with Gasteiger partial charge < -0.3 is 14.9 Å². The molecule has 4 heteroatoms. The molecular weight excluding hydrogens is 336 g/mol. The molecule has 1 saturated heterocycles. The van der Waals surface area contributed by atoms with Gasteiger partial charge in [0.25, 0.3) is 0 Å². The van der Waals surface area contributed by atoms with Crippen molar-refractivity contribution in [2.24, 2.45) is 0 Å². The first-order chi connectivity index (χ1) is 13.1. The van der Waals surface area contributed by atoms with Gasteiger partial charge in [-0.25, -0.2) is 4.79 Å². The highest BCUT2D eigenvalue weighted by atomic mass is 16.4. The molecule has 0 aliphatic carbocycles. The van der Waals surface area contributed by atoms with Gasteiger partial charge in [-0.05, 0) is 48.2 Å². The van der Waals surface area contributed by atoms with Gasteiger partial charge in [0.2, 0.25) is 0 Å². The number of aromatic carboxylic acids is 1. The van der Waals surface area contributed by atoms with Gasteiger partial charge in [-0.3, -0.25) is 0 Å². The number of piperazine rings is 1. The van der Waals surface area contributed by atoms with E-state index in [1.807, 2.05) is 30.3 Å². The molecule has 0 unspecified atom stereocenters. The quantitative estimate of drug-likeness (QED) is 0.767. The van der Waals surface area contributed by atoms with Gasteiger partial charge in [0.15, 0.2) is 0 Å². The van der Waals surface area contributed by atoms with E-state index in [4.69, 9.17) is 0 Å². The maximum absolute atomic E-state index is 11.8. The van der Waals surface area contributed by atoms with Crippen molar-refractivity contribution in [2.45, 2.75) is 6.42 Å². The summed E-state index contributed by atoms with van der Waals surface area (Å²) in [7, 11) is 2.14. The first-order valence-corrected chi connectivity index (χ1v) is 9.38. The zero-order valence-corrected chi connectivity index (χ0v) is 15.6. The third-order valence-corrected chi connectivity index (χ3v) is 5.39. The van der Waals surface area contributed by atoms with Crippen LogP contribution in [0.5, 0.6) is 0 Å². The van der Waals surface area contributed by atoms with Gasteiger partial charge >= 0.3 is 5.97 Å². The highest BCUT2D eigenvalue weighted by Crippen LogP contribution is 2.32. The summed E-state index contributed by atoms with van der Waals surface area (Å²) in [6.07, 6.45) is 0.727. The Morgan fingerprint density at radius 2 is 1.67 bits per heavy atom. The molecule has 27 heavy (non-hydrogen) atoms. The Balaban J connectivity index is 1.83. The molecule has 4 rings (SSSR count). The number of carbonyl (C=O) groups is 1. The van der Waals surface area contributed by atoms with Crippen LogP contribution in [0.2, 0.25) is 0 Å². The highest BCUT2D eigenvalue weighted by molar-refractivity contribution is 6.02. The number of hydrogen-bond donors (Lipinski definition) is 1. The summed E-state index contributed by atoms with van der Waals surface area (Å²) < 4.78 is 0. The standard InChI is InChI=1S/C23H24N2O2/c1-24-10-12-25(13-11-24)22-9-5-8-20-18(14-17-6-3-2-4-7-17)15-19(23(26)27)16-21(20)22/h2-9,15-16H,10-14H2,1H3,(H,26,27). The fourth-order valence-corrected chi connectivity index (χ4v) is 3.86. The first kappa shape index (κ1) is 17.6. The Bertz CT molecular complexity index is 961. The van der Waals surface area contributed by atoms with Crippen LogP contribution in [-0.4, -0.2) is 49.2 Å². The Labute approximate surface area is 159 Å². The van der Waals surface area contributed by atoms with Crippen molar-refractivity contribution in [1.29, 1.82) is 0 Å². The molecule has 0 atom stereocenters. The lowest BCUT2D eigenvalue weighted by atomic mass is 9.94. The van der Waals surface area contributed by atoms with Gasteiger partial charge in [-0.2, -0.15) is 0 Å². The van der Waals surface area contributed by atoms with E-state index >= 15 is 0 Å². The van der Waals surface area contributed by atoms with Crippen LogP contribution in [0.15, 0.2) is 60.7 Å². The fraction of sp³-hybridized carbons (Fsp3) is 0.261. The van der Waals surface area contributed by atoms with E-state index < -0.39 is 5.97 Å². The molecule has 1 fully saturated rings. The fourth-order valence-electron chi connectivity index (χ4n) is 3.86. The van der Waals surface area contributed by atoms with E-state index in [1.54, 1.807) is 0 Å². The van der Waals surface area contributed by atoms with Gasteiger partial charge in [0.05, 0.1) is 5.56 Å². The van der Waals surface area contributed by atoms with Crippen LogP contribution in [0, 0.1) is 0 Å². The van der Waals surface area contributed by atoms with Gasteiger partial charge in [-0.1, -0.05) is 42.5 Å². The number of carboxylic acid groups (broad SMARTS) is 1. The number of likely N-dealkylation sites (N-methyl/N-ethyl adjacent to an activating group) is 1. The van der Waals surface area contributed by atoms with Crippen molar-refractivity contribution in [2.75, 3.05) is 38.1 Å². The minimum Gasteiger partial charge on any atom is -0.478 e. The molecule has 4 nitrogen and oxygen atoms in total. The second kappa shape index (κ2) is 7.41. The molecule has 0 bridgehead atoms. The maximum atomic E-state index is 11.8. The zero-order chi connectivity index (χ0) is 18.8. The predicted octanol–water partition coefficient (Wildman–Crippen LogP) is 3.88. The molecule has 3 aromatic carbocycles. The van der Waals surface area contributed by atoms with Gasteiger partial charge in [0.1, 0.15) is 0 Å². The third kappa shape index (κ3) is 3.67. The summed E-state index contributed by atoms with van der Waals surface area (Å²) in [6, 6.07) is 20.2. The maximum Gasteiger partial charge on any atom is 0.335 e. The highest BCUT2D eigenvalue weighted by Gasteiger charge is 2.18. The first-order valence-electron chi connectivity index (χ1n) is 9.38. The lowest BCUT2D eigenvalue weighted by Crippen LogP contribution is -2.44. The van der Waals surface area contributed by atoms with Crippen molar-refractivity contribution >= 4 is 22.4 Å². The lowest BCUT2D eigenvalue weighted by molar-refractivity contribution is 0.0697. The number of carboxylic acids is 1. The van der Waals surface area contributed by atoms with E-state index in [2.05, 4.69) is 47.2 Å². The van der Waals surface area contributed by atoms with Gasteiger partial charge in [-0.15, -0.1) is 0 Å². The van der Waals surface area contributed by atoms with Crippen molar-refractivity contribution in [3.63, 3.8) is 0 Å². The van der Waals surface area contributed by atoms with Crippen LogP contribution >= 0.6 is 0 Å². The smallest absolute Gasteiger partial charge is 0.335 e. The van der Waals surface area contributed by atoms with Crippen LogP contribution in [0.4, 0.5) is 5.69 Å². The van der Waals surface area contributed by atoms with E-state index in [0.29, 0.717) is 5.56 Å². The summed E-state index contributed by atoms with van der Waals surface area (Å²) in [5, 5.41) is 11.8. The Morgan fingerprint density at radius 3 is 2.37 bits per heavy atom. The van der Waals surface area contributed by atoms with E-state index in [1.165, 1.54) is 5.56 Å². The van der Waals surface area contributed by atoms with Crippen molar-refractivity contribution in [3.05, 3.63) is 77.4 Å². The number of benzene rings is 3. The number of anilines is 1. The topological polar surface area (TPSA) is 43.8 Å². The summed E-state index contributed by atoms with van der Waals surface area (Å²) in [4.78, 5) is 16.5. The lowest BCUT2D eigenvalue weighted by Gasteiger charge is -2.35. The van der Waals surface area contributed by atoms with Crippen molar-refractivity contribution in [1.82, 2.24) is 4.90 Å². The summed E-state index contributed by atoms with van der Waals surface area (Å²) in [6.45, 7) is 3.96. The Hall–Kier alpha value is -2.85. The number of hydrogen-bond acceptors (Lipinski definition) is 3. The van der Waals surface area contributed by atoms with E-state index in [0.717, 1.165) is 54.6 Å². The van der Waals surface area contributed by atoms with Crippen molar-refractivity contribution < 1.29 is 9.90 Å². The molecule has 1 heterocycles. The van der Waals surface area contributed by atoms with Crippen LogP contribution in [0.3, 0.4) is 0 Å². The molecule has 1 aliphatic rings. The molecule has 1 aliphatic heterocycles. The zero-order valence-electron chi connectivity index (χ0n) is 15.6. The van der Waals surface area contributed by atoms with E-state index in [-0.39, 0.29) is 0 Å². The Kier molecular flexibility index (Phi) is 4.82. The monoisotopic (exact) mass is 360 g/mol. The van der Waals surface area contributed by atoms with Crippen LogP contribution in [0.25, 0.3) is 10.8 Å². The number of rotatable bonds is 4. The average molecular weight is 360 g/mol. The largest absolute Gasteiger partial charge is 0.478 e. The molecule has 1 N–H and O–H groups in total. The third-order valence-electron chi connectivity index (χ3n) is 5.39. The minimum atomic E-state index is -0.876. The molecule has 0 spiro atoms. The second-order valence-corrected chi connectivity index (χ2v) is 7.27. The number of nitrogens with zero attached hydrogens (tertiary/aromatic N) is 2.